The van der Waals surface area contributed by atoms with E-state index in [4.69, 9.17) is 9.47 Å². The number of aryl methyl sites for hydroxylation is 1. The number of imidazole rings is 1. The molecule has 0 saturated heterocycles. The monoisotopic (exact) mass is 589 g/mol. The summed E-state index contributed by atoms with van der Waals surface area (Å²) in [5, 5.41) is 8.45. The number of ether oxygens (including phenoxy) is 2. The number of methoxy groups -OCH3 is 1. The molecule has 0 bridgehead atoms. The lowest BCUT2D eigenvalue weighted by Gasteiger charge is -2.15. The van der Waals surface area contributed by atoms with E-state index in [2.05, 4.69) is 25.5 Å². The van der Waals surface area contributed by atoms with Crippen LogP contribution in [-0.4, -0.2) is 42.3 Å². The van der Waals surface area contributed by atoms with Gasteiger partial charge in [-0.1, -0.05) is 0 Å². The fourth-order valence-corrected chi connectivity index (χ4v) is 4.36. The second kappa shape index (κ2) is 10.9. The highest BCUT2D eigenvalue weighted by atomic mass is 19.4. The third-order valence-electron chi connectivity index (χ3n) is 6.25. The standard InChI is InChI=1S/C26H20F5N7O4/c1-37-22-15(13-6-16(27)23(19(7-13)41-2)42-11-20-33-12-34-36-20)8-14(26(29,30)31)9-18(22)38(25(37)40)10-21(39)35-17-4-3-5-32-24(17)28/h3-9,12H,10-11H2,1-2H3,(H,35,39)(H,33,34,36). The number of carbonyl (C=O) groups excluding carboxylic acids is 1. The molecule has 2 aromatic carbocycles. The Bertz CT molecular complexity index is 1850. The van der Waals surface area contributed by atoms with E-state index in [1.807, 2.05) is 0 Å². The molecule has 218 valence electrons. The number of nitrogens with one attached hydrogen (secondary N) is 2. The molecule has 0 radical (unpaired) electrons. The Balaban J connectivity index is 1.62. The molecule has 1 amide bonds. The minimum absolute atomic E-state index is 0.0230. The van der Waals surface area contributed by atoms with Crippen molar-refractivity contribution < 1.29 is 36.2 Å². The summed E-state index contributed by atoms with van der Waals surface area (Å²) in [5.74, 6) is -3.02. The van der Waals surface area contributed by atoms with Crippen LogP contribution in [-0.2, 0) is 31.2 Å². The molecule has 0 saturated carbocycles. The Morgan fingerprint density at radius 1 is 1.14 bits per heavy atom. The number of alkyl halides is 3. The molecule has 42 heavy (non-hydrogen) atoms. The summed E-state index contributed by atoms with van der Waals surface area (Å²) in [5.41, 5.74) is -2.80. The number of H-pyrrole nitrogens is 1. The van der Waals surface area contributed by atoms with Crippen LogP contribution in [0.25, 0.3) is 22.2 Å². The molecule has 11 nitrogen and oxygen atoms in total. The molecule has 0 aliphatic carbocycles. The van der Waals surface area contributed by atoms with Gasteiger partial charge in [-0.05, 0) is 42.0 Å². The molecule has 0 fully saturated rings. The largest absolute Gasteiger partial charge is 0.493 e. The summed E-state index contributed by atoms with van der Waals surface area (Å²) in [6.45, 7) is -0.958. The zero-order valence-electron chi connectivity index (χ0n) is 21.8. The number of benzene rings is 2. The molecule has 3 heterocycles. The number of amides is 1. The van der Waals surface area contributed by atoms with E-state index in [-0.39, 0.29) is 51.8 Å². The number of hydrogen-bond donors (Lipinski definition) is 2. The number of halogens is 5. The van der Waals surface area contributed by atoms with Crippen molar-refractivity contribution in [1.29, 1.82) is 0 Å². The minimum atomic E-state index is -4.87. The van der Waals surface area contributed by atoms with Gasteiger partial charge in [0.15, 0.2) is 23.1 Å². The van der Waals surface area contributed by atoms with Crippen LogP contribution >= 0.6 is 0 Å². The summed E-state index contributed by atoms with van der Waals surface area (Å²) in [4.78, 5) is 33.2. The Morgan fingerprint density at radius 2 is 1.93 bits per heavy atom. The first kappa shape index (κ1) is 28.3. The molecule has 3 aromatic heterocycles. The first-order valence-electron chi connectivity index (χ1n) is 12.0. The van der Waals surface area contributed by atoms with Gasteiger partial charge < -0.3 is 14.8 Å². The van der Waals surface area contributed by atoms with E-state index in [0.29, 0.717) is 6.07 Å². The van der Waals surface area contributed by atoms with Crippen LogP contribution in [0, 0.1) is 11.8 Å². The molecule has 16 heteroatoms. The van der Waals surface area contributed by atoms with E-state index < -0.39 is 41.6 Å². The molecular weight excluding hydrogens is 569 g/mol. The first-order valence-corrected chi connectivity index (χ1v) is 12.0. The average Bonchev–Trinajstić information content (AvgIpc) is 3.55. The van der Waals surface area contributed by atoms with Crippen LogP contribution in [0.5, 0.6) is 11.5 Å². The maximum atomic E-state index is 15.3. The summed E-state index contributed by atoms with van der Waals surface area (Å²) in [6.07, 6.45) is -2.48. The summed E-state index contributed by atoms with van der Waals surface area (Å²) >= 11 is 0. The molecule has 0 spiro atoms. The number of aromatic amines is 1. The van der Waals surface area contributed by atoms with Gasteiger partial charge in [-0.25, -0.2) is 19.2 Å². The number of fused-ring (bicyclic) bond motifs is 1. The Kier molecular flexibility index (Phi) is 7.36. The van der Waals surface area contributed by atoms with Crippen molar-refractivity contribution >= 4 is 22.6 Å². The van der Waals surface area contributed by atoms with Crippen molar-refractivity contribution in [3.63, 3.8) is 0 Å². The number of hydrogen-bond acceptors (Lipinski definition) is 7. The fourth-order valence-electron chi connectivity index (χ4n) is 4.36. The first-order chi connectivity index (χ1) is 20.0. The number of pyridine rings is 1. The molecule has 0 unspecified atom stereocenters. The Labute approximate surface area is 232 Å². The van der Waals surface area contributed by atoms with Gasteiger partial charge >= 0.3 is 11.9 Å². The number of nitrogens with zero attached hydrogens (tertiary/aromatic N) is 5. The van der Waals surface area contributed by atoms with Gasteiger partial charge in [-0.3, -0.25) is 19.0 Å². The maximum Gasteiger partial charge on any atom is 0.416 e. The van der Waals surface area contributed by atoms with Crippen LogP contribution in [0.3, 0.4) is 0 Å². The maximum absolute atomic E-state index is 15.3. The second-order valence-corrected chi connectivity index (χ2v) is 8.92. The van der Waals surface area contributed by atoms with Crippen molar-refractivity contribution in [3.05, 3.63) is 82.6 Å². The van der Waals surface area contributed by atoms with Gasteiger partial charge in [0.05, 0.1) is 29.4 Å². The molecule has 2 N–H and O–H groups in total. The van der Waals surface area contributed by atoms with Gasteiger partial charge in [0.25, 0.3) is 0 Å². The summed E-state index contributed by atoms with van der Waals surface area (Å²) in [7, 11) is 2.51. The van der Waals surface area contributed by atoms with E-state index in [9.17, 15) is 27.2 Å². The van der Waals surface area contributed by atoms with Crippen molar-refractivity contribution in [2.75, 3.05) is 12.4 Å². The molecule has 0 atom stereocenters. The number of anilines is 1. The highest BCUT2D eigenvalue weighted by Crippen LogP contribution is 2.41. The Hall–Kier alpha value is -5.28. The van der Waals surface area contributed by atoms with Crippen molar-refractivity contribution in [2.24, 2.45) is 7.05 Å². The molecule has 0 aliphatic heterocycles. The quantitative estimate of drug-likeness (QED) is 0.207. The van der Waals surface area contributed by atoms with E-state index in [1.165, 1.54) is 38.7 Å². The van der Waals surface area contributed by atoms with Gasteiger partial charge in [0.1, 0.15) is 19.5 Å². The van der Waals surface area contributed by atoms with Crippen molar-refractivity contribution in [3.8, 4) is 22.6 Å². The molecule has 5 rings (SSSR count). The van der Waals surface area contributed by atoms with Gasteiger partial charge in [-0.15, -0.1) is 0 Å². The molecule has 5 aromatic rings. The van der Waals surface area contributed by atoms with Crippen molar-refractivity contribution in [1.82, 2.24) is 29.3 Å². The smallest absolute Gasteiger partial charge is 0.416 e. The molecule has 0 aliphatic rings. The predicted octanol–water partition coefficient (Wildman–Crippen LogP) is 4.04. The zero-order valence-corrected chi connectivity index (χ0v) is 21.8. The van der Waals surface area contributed by atoms with Gasteiger partial charge in [0, 0.05) is 18.8 Å². The highest BCUT2D eigenvalue weighted by Gasteiger charge is 2.33. The lowest BCUT2D eigenvalue weighted by Crippen LogP contribution is -2.28. The van der Waals surface area contributed by atoms with Crippen molar-refractivity contribution in [2.45, 2.75) is 19.3 Å². The number of carbonyl (C=O) groups is 1. The lowest BCUT2D eigenvalue weighted by atomic mass is 9.99. The zero-order chi connectivity index (χ0) is 30.2. The van der Waals surface area contributed by atoms with E-state index in [1.54, 1.807) is 0 Å². The second-order valence-electron chi connectivity index (χ2n) is 8.92. The minimum Gasteiger partial charge on any atom is -0.493 e. The third-order valence-corrected chi connectivity index (χ3v) is 6.25. The number of rotatable bonds is 8. The summed E-state index contributed by atoms with van der Waals surface area (Å²) in [6, 6.07) is 6.26. The van der Waals surface area contributed by atoms with Gasteiger partial charge in [-0.2, -0.15) is 22.7 Å². The van der Waals surface area contributed by atoms with E-state index in [0.717, 1.165) is 27.5 Å². The average molecular weight is 589 g/mol. The van der Waals surface area contributed by atoms with E-state index >= 15 is 4.39 Å². The topological polar surface area (TPSA) is 129 Å². The highest BCUT2D eigenvalue weighted by molar-refractivity contribution is 5.96. The Morgan fingerprint density at radius 3 is 2.60 bits per heavy atom. The molecular formula is C26H20F5N7O4. The van der Waals surface area contributed by atoms with Crippen LogP contribution in [0.4, 0.5) is 27.6 Å². The lowest BCUT2D eigenvalue weighted by molar-refractivity contribution is -0.137. The third kappa shape index (κ3) is 5.37. The summed E-state index contributed by atoms with van der Waals surface area (Å²) < 4.78 is 83.8. The van der Waals surface area contributed by atoms with Gasteiger partial charge in [0.2, 0.25) is 11.9 Å². The SMILES string of the molecule is COc1cc(-c2cc(C(F)(F)F)cc3c2n(C)c(=O)n3CC(=O)Nc2cccnc2F)cc(F)c1OCc1ncn[nH]1. The van der Waals surface area contributed by atoms with Crippen LogP contribution in [0.1, 0.15) is 11.4 Å². The predicted molar refractivity (Wildman–Crippen MR) is 138 cm³/mol. The number of aromatic nitrogens is 6. The van der Waals surface area contributed by atoms with Crippen LogP contribution in [0.15, 0.2) is 53.7 Å². The van der Waals surface area contributed by atoms with Crippen LogP contribution < -0.4 is 20.5 Å². The van der Waals surface area contributed by atoms with Crippen LogP contribution in [0.2, 0.25) is 0 Å². The fraction of sp³-hybridized carbons (Fsp3) is 0.192. The normalized spacial score (nSPS) is 11.6.